The minimum Gasteiger partial charge on any atom is -0.392 e. The molecule has 0 rings (SSSR count). The molecule has 0 aliphatic carbocycles. The van der Waals surface area contributed by atoms with Gasteiger partial charge in [-0.15, -0.1) is 0 Å². The van der Waals surface area contributed by atoms with E-state index in [0.29, 0.717) is 13.1 Å². The second-order valence-corrected chi connectivity index (χ2v) is 4.36. The molecule has 0 aliphatic rings. The molecule has 94 valence electrons. The Morgan fingerprint density at radius 3 is 1.88 bits per heavy atom. The Labute approximate surface area is 97.6 Å². The number of rotatable bonds is 6. The lowest BCUT2D eigenvalue weighted by molar-refractivity contribution is -0.148. The number of carbonyl (C=O) groups is 2. The highest BCUT2D eigenvalue weighted by Crippen LogP contribution is 2.14. The monoisotopic (exact) mass is 229 g/mol. The summed E-state index contributed by atoms with van der Waals surface area (Å²) in [6.07, 6.45) is -0.757. The smallest absolute Gasteiger partial charge is 0.290 e. The maximum absolute atomic E-state index is 11.8. The Balaban J connectivity index is 4.61. The Kier molecular flexibility index (Phi) is 6.26. The molecular formula is C12H23NO3. The number of aliphatic hydroxyl groups excluding tert-OH is 1. The van der Waals surface area contributed by atoms with Crippen LogP contribution in [0.2, 0.25) is 0 Å². The molecule has 0 radical (unpaired) electrons. The highest BCUT2D eigenvalue weighted by atomic mass is 16.3. The molecule has 0 saturated heterocycles. The zero-order valence-electron chi connectivity index (χ0n) is 10.9. The normalized spacial score (nSPS) is 14.7. The fourth-order valence-electron chi connectivity index (χ4n) is 1.59. The molecule has 0 fully saturated rings. The molecule has 0 aromatic carbocycles. The molecule has 0 aromatic heterocycles. The van der Waals surface area contributed by atoms with Crippen molar-refractivity contribution in [1.82, 2.24) is 4.90 Å². The molecule has 0 unspecified atom stereocenters. The van der Waals surface area contributed by atoms with Crippen molar-refractivity contribution >= 4 is 11.7 Å². The average molecular weight is 229 g/mol. The van der Waals surface area contributed by atoms with Crippen molar-refractivity contribution in [1.29, 1.82) is 0 Å². The number of ketones is 1. The van der Waals surface area contributed by atoms with Gasteiger partial charge in [0.25, 0.3) is 5.91 Å². The van der Waals surface area contributed by atoms with E-state index in [1.54, 1.807) is 6.92 Å². The molecule has 0 spiro atoms. The number of likely N-dealkylation sites (N-methyl/N-ethyl adjacent to an activating group) is 1. The van der Waals surface area contributed by atoms with E-state index in [-0.39, 0.29) is 5.92 Å². The third-order valence-electron chi connectivity index (χ3n) is 2.87. The van der Waals surface area contributed by atoms with Gasteiger partial charge in [-0.05, 0) is 19.8 Å². The fraction of sp³-hybridized carbons (Fsp3) is 0.833. The second kappa shape index (κ2) is 6.63. The number of nitrogens with zero attached hydrogens (tertiary/aromatic N) is 1. The summed E-state index contributed by atoms with van der Waals surface area (Å²) in [5.41, 5.74) is 0. The minimum absolute atomic E-state index is 0.0246. The van der Waals surface area contributed by atoms with Crippen molar-refractivity contribution in [3.8, 4) is 0 Å². The van der Waals surface area contributed by atoms with Gasteiger partial charge in [-0.1, -0.05) is 20.8 Å². The summed E-state index contributed by atoms with van der Waals surface area (Å²) < 4.78 is 0. The van der Waals surface area contributed by atoms with Crippen LogP contribution >= 0.6 is 0 Å². The molecule has 2 atom stereocenters. The lowest BCUT2D eigenvalue weighted by Gasteiger charge is -2.24. The van der Waals surface area contributed by atoms with E-state index in [1.165, 1.54) is 4.90 Å². The lowest BCUT2D eigenvalue weighted by atomic mass is 9.91. The standard InChI is InChI=1S/C12H23NO3/c1-6-13(7-2)12(16)11(15)9(5)10(14)8(3)4/h8-10,14H,6-7H2,1-5H3/t9-,10+/m1/s1. The molecule has 1 N–H and O–H groups in total. The zero-order valence-corrected chi connectivity index (χ0v) is 10.9. The summed E-state index contributed by atoms with van der Waals surface area (Å²) in [4.78, 5) is 25.0. The lowest BCUT2D eigenvalue weighted by Crippen LogP contribution is -2.42. The molecule has 0 aliphatic heterocycles. The third-order valence-corrected chi connectivity index (χ3v) is 2.87. The van der Waals surface area contributed by atoms with Crippen molar-refractivity contribution in [2.75, 3.05) is 13.1 Å². The van der Waals surface area contributed by atoms with Gasteiger partial charge in [-0.3, -0.25) is 9.59 Å². The van der Waals surface area contributed by atoms with Gasteiger partial charge >= 0.3 is 0 Å². The third kappa shape index (κ3) is 3.59. The van der Waals surface area contributed by atoms with E-state index in [4.69, 9.17) is 0 Å². The summed E-state index contributed by atoms with van der Waals surface area (Å²) in [6, 6.07) is 0. The quantitative estimate of drug-likeness (QED) is 0.693. The van der Waals surface area contributed by atoms with E-state index in [0.717, 1.165) is 0 Å². The number of amides is 1. The van der Waals surface area contributed by atoms with Crippen LogP contribution in [0.4, 0.5) is 0 Å². The molecular weight excluding hydrogens is 206 g/mol. The van der Waals surface area contributed by atoms with Crippen LogP contribution in [-0.2, 0) is 9.59 Å². The number of hydrogen-bond acceptors (Lipinski definition) is 3. The first-order valence-electron chi connectivity index (χ1n) is 5.87. The first-order valence-corrected chi connectivity index (χ1v) is 5.87. The Morgan fingerprint density at radius 1 is 1.12 bits per heavy atom. The van der Waals surface area contributed by atoms with Crippen LogP contribution in [0.15, 0.2) is 0 Å². The molecule has 4 heteroatoms. The SMILES string of the molecule is CCN(CC)C(=O)C(=O)[C@H](C)[C@@H](O)C(C)C. The van der Waals surface area contributed by atoms with E-state index >= 15 is 0 Å². The molecule has 1 amide bonds. The average Bonchev–Trinajstić information content (AvgIpc) is 2.27. The van der Waals surface area contributed by atoms with Crippen LogP contribution in [0.5, 0.6) is 0 Å². The highest BCUT2D eigenvalue weighted by Gasteiger charge is 2.31. The van der Waals surface area contributed by atoms with Crippen LogP contribution in [0, 0.1) is 11.8 Å². The maximum atomic E-state index is 11.8. The summed E-state index contributed by atoms with van der Waals surface area (Å²) >= 11 is 0. The minimum atomic E-state index is -0.757. The second-order valence-electron chi connectivity index (χ2n) is 4.36. The number of Topliss-reactive ketones (excluding diaryl/α,β-unsaturated/α-hetero) is 1. The Bertz CT molecular complexity index is 247. The molecule has 0 saturated carbocycles. The van der Waals surface area contributed by atoms with Gasteiger partial charge in [-0.2, -0.15) is 0 Å². The number of carbonyl (C=O) groups excluding carboxylic acids is 2. The van der Waals surface area contributed by atoms with Crippen molar-refractivity contribution in [3.63, 3.8) is 0 Å². The van der Waals surface area contributed by atoms with Crippen molar-refractivity contribution in [2.24, 2.45) is 11.8 Å². The van der Waals surface area contributed by atoms with E-state index in [1.807, 2.05) is 27.7 Å². The van der Waals surface area contributed by atoms with Crippen LogP contribution in [0.25, 0.3) is 0 Å². The molecule has 4 nitrogen and oxygen atoms in total. The summed E-state index contributed by atoms with van der Waals surface area (Å²) in [6.45, 7) is 9.97. The molecule has 0 bridgehead atoms. The van der Waals surface area contributed by atoms with Gasteiger partial charge in [-0.25, -0.2) is 0 Å². The first kappa shape index (κ1) is 15.1. The Morgan fingerprint density at radius 2 is 1.56 bits per heavy atom. The Hall–Kier alpha value is -0.900. The van der Waals surface area contributed by atoms with E-state index in [2.05, 4.69) is 0 Å². The van der Waals surface area contributed by atoms with E-state index in [9.17, 15) is 14.7 Å². The molecule has 0 heterocycles. The summed E-state index contributed by atoms with van der Waals surface area (Å²) in [5, 5.41) is 9.75. The largest absolute Gasteiger partial charge is 0.392 e. The van der Waals surface area contributed by atoms with Crippen LogP contribution in [0.3, 0.4) is 0 Å². The summed E-state index contributed by atoms with van der Waals surface area (Å²) in [7, 11) is 0. The van der Waals surface area contributed by atoms with Crippen molar-refractivity contribution < 1.29 is 14.7 Å². The van der Waals surface area contributed by atoms with Gasteiger partial charge in [0, 0.05) is 13.1 Å². The van der Waals surface area contributed by atoms with Gasteiger partial charge in [0.05, 0.1) is 12.0 Å². The maximum Gasteiger partial charge on any atom is 0.290 e. The van der Waals surface area contributed by atoms with Gasteiger partial charge in [0.2, 0.25) is 5.78 Å². The van der Waals surface area contributed by atoms with E-state index < -0.39 is 23.7 Å². The first-order chi connectivity index (χ1) is 7.36. The van der Waals surface area contributed by atoms with Crippen LogP contribution in [0.1, 0.15) is 34.6 Å². The molecule has 0 aromatic rings. The zero-order chi connectivity index (χ0) is 12.9. The molecule has 16 heavy (non-hydrogen) atoms. The summed E-state index contributed by atoms with van der Waals surface area (Å²) in [5.74, 6) is -1.64. The number of hydrogen-bond donors (Lipinski definition) is 1. The predicted molar refractivity (Wildman–Crippen MR) is 62.9 cm³/mol. The van der Waals surface area contributed by atoms with Crippen LogP contribution in [-0.4, -0.2) is 40.9 Å². The van der Waals surface area contributed by atoms with Gasteiger partial charge in [0.1, 0.15) is 0 Å². The predicted octanol–water partition coefficient (Wildman–Crippen LogP) is 1.08. The van der Waals surface area contributed by atoms with Crippen molar-refractivity contribution in [3.05, 3.63) is 0 Å². The fourth-order valence-corrected chi connectivity index (χ4v) is 1.59. The van der Waals surface area contributed by atoms with Crippen molar-refractivity contribution in [2.45, 2.75) is 40.7 Å². The van der Waals surface area contributed by atoms with Crippen LogP contribution < -0.4 is 0 Å². The van der Waals surface area contributed by atoms with Gasteiger partial charge < -0.3 is 10.0 Å². The van der Waals surface area contributed by atoms with Gasteiger partial charge in [0.15, 0.2) is 0 Å². The highest BCUT2D eigenvalue weighted by molar-refractivity contribution is 6.36. The topological polar surface area (TPSA) is 57.6 Å². The number of aliphatic hydroxyl groups is 1.